The van der Waals surface area contributed by atoms with Gasteiger partial charge >= 0.3 is 6.09 Å². The predicted octanol–water partition coefficient (Wildman–Crippen LogP) is 1.82. The van der Waals surface area contributed by atoms with E-state index in [-0.39, 0.29) is 0 Å². The van der Waals surface area contributed by atoms with Crippen molar-refractivity contribution in [1.29, 1.82) is 0 Å². The van der Waals surface area contributed by atoms with Crippen molar-refractivity contribution in [3.05, 3.63) is 24.3 Å². The van der Waals surface area contributed by atoms with Gasteiger partial charge in [0.05, 0.1) is 20.3 Å². The second-order valence-corrected chi connectivity index (χ2v) is 3.17. The maximum absolute atomic E-state index is 10.7. The Morgan fingerprint density at radius 1 is 1.18 bits per heavy atom. The van der Waals surface area contributed by atoms with Crippen molar-refractivity contribution >= 4 is 6.09 Å². The normalized spacial score (nSPS) is 9.53. The minimum Gasteiger partial charge on any atom is -0.494 e. The highest BCUT2D eigenvalue weighted by Crippen LogP contribution is 2.17. The van der Waals surface area contributed by atoms with Crippen LogP contribution in [0.1, 0.15) is 6.92 Å². The third-order valence-corrected chi connectivity index (χ3v) is 1.96. The third kappa shape index (κ3) is 5.10. The van der Waals surface area contributed by atoms with Gasteiger partial charge in [0.1, 0.15) is 18.1 Å². The zero-order chi connectivity index (χ0) is 12.5. The van der Waals surface area contributed by atoms with Crippen LogP contribution < -0.4 is 14.8 Å². The zero-order valence-electron chi connectivity index (χ0n) is 10.1. The number of methoxy groups -OCH3 is 1. The lowest BCUT2D eigenvalue weighted by Crippen LogP contribution is -2.27. The highest BCUT2D eigenvalue weighted by molar-refractivity contribution is 5.66. The van der Waals surface area contributed by atoms with Gasteiger partial charge in [0, 0.05) is 0 Å². The molecule has 1 rings (SSSR count). The molecule has 0 fully saturated rings. The number of amides is 1. The van der Waals surface area contributed by atoms with Crippen LogP contribution in [0.2, 0.25) is 0 Å². The van der Waals surface area contributed by atoms with E-state index in [1.807, 2.05) is 31.2 Å². The summed E-state index contributed by atoms with van der Waals surface area (Å²) in [5, 5.41) is 2.52. The number of hydrogen-bond donors (Lipinski definition) is 1. The molecule has 1 aromatic carbocycles. The Morgan fingerprint density at radius 3 is 2.29 bits per heavy atom. The first-order chi connectivity index (χ1) is 8.26. The van der Waals surface area contributed by atoms with Crippen LogP contribution in [0.3, 0.4) is 0 Å². The lowest BCUT2D eigenvalue weighted by molar-refractivity contribution is 0.168. The first-order valence-corrected chi connectivity index (χ1v) is 5.43. The summed E-state index contributed by atoms with van der Waals surface area (Å²) in [5.74, 6) is 1.55. The minimum absolute atomic E-state index is 0.392. The average Bonchev–Trinajstić information content (AvgIpc) is 2.36. The monoisotopic (exact) mass is 239 g/mol. The maximum Gasteiger partial charge on any atom is 0.406 e. The Morgan fingerprint density at radius 2 is 1.76 bits per heavy atom. The van der Waals surface area contributed by atoms with Crippen LogP contribution in [-0.2, 0) is 4.74 Å². The van der Waals surface area contributed by atoms with Crippen molar-refractivity contribution in [2.24, 2.45) is 0 Å². The number of carbonyl (C=O) groups excluding carboxylic acids is 1. The molecule has 0 unspecified atom stereocenters. The molecule has 1 N–H and O–H groups in total. The highest BCUT2D eigenvalue weighted by atomic mass is 16.5. The quantitative estimate of drug-likeness (QED) is 0.769. The van der Waals surface area contributed by atoms with Crippen molar-refractivity contribution in [1.82, 2.24) is 5.32 Å². The van der Waals surface area contributed by atoms with E-state index >= 15 is 0 Å². The topological polar surface area (TPSA) is 56.8 Å². The van der Waals surface area contributed by atoms with Crippen LogP contribution in [0.5, 0.6) is 11.5 Å². The highest BCUT2D eigenvalue weighted by Gasteiger charge is 1.98. The van der Waals surface area contributed by atoms with Crippen LogP contribution in [-0.4, -0.2) is 33.0 Å². The molecule has 0 atom stereocenters. The van der Waals surface area contributed by atoms with E-state index < -0.39 is 6.09 Å². The molecule has 0 aromatic heterocycles. The molecule has 0 bridgehead atoms. The molecule has 5 nitrogen and oxygen atoms in total. The summed E-state index contributed by atoms with van der Waals surface area (Å²) in [6, 6.07) is 7.32. The molecule has 0 saturated carbocycles. The number of nitrogens with one attached hydrogen (secondary N) is 1. The molecule has 0 radical (unpaired) electrons. The first kappa shape index (κ1) is 13.2. The smallest absolute Gasteiger partial charge is 0.406 e. The van der Waals surface area contributed by atoms with E-state index in [9.17, 15) is 4.79 Å². The third-order valence-electron chi connectivity index (χ3n) is 1.96. The SMILES string of the molecule is CCOc1ccc(OCCNC(=O)OC)cc1. The van der Waals surface area contributed by atoms with Crippen LogP contribution in [0.25, 0.3) is 0 Å². The Balaban J connectivity index is 2.25. The molecule has 0 heterocycles. The van der Waals surface area contributed by atoms with E-state index in [0.717, 1.165) is 11.5 Å². The van der Waals surface area contributed by atoms with Crippen LogP contribution >= 0.6 is 0 Å². The Kier molecular flexibility index (Phi) is 5.71. The molecule has 0 spiro atoms. The predicted molar refractivity (Wildman–Crippen MR) is 63.5 cm³/mol. The summed E-state index contributed by atoms with van der Waals surface area (Å²) in [7, 11) is 1.32. The number of alkyl carbamates (subject to hydrolysis) is 1. The fraction of sp³-hybridized carbons (Fsp3) is 0.417. The van der Waals surface area contributed by atoms with Gasteiger partial charge in [0.15, 0.2) is 0 Å². The lowest BCUT2D eigenvalue weighted by atomic mass is 10.3. The van der Waals surface area contributed by atoms with Crippen LogP contribution in [0.4, 0.5) is 4.79 Å². The van der Waals surface area contributed by atoms with Gasteiger partial charge in [-0.15, -0.1) is 0 Å². The summed E-state index contributed by atoms with van der Waals surface area (Å²) in [5.41, 5.74) is 0. The van der Waals surface area contributed by atoms with Gasteiger partial charge in [0.25, 0.3) is 0 Å². The van der Waals surface area contributed by atoms with E-state index in [2.05, 4.69) is 10.1 Å². The largest absolute Gasteiger partial charge is 0.494 e. The molecule has 1 aromatic rings. The summed E-state index contributed by atoms with van der Waals surface area (Å²) in [4.78, 5) is 10.7. The van der Waals surface area contributed by atoms with Crippen LogP contribution in [0, 0.1) is 0 Å². The number of rotatable bonds is 6. The van der Waals surface area contributed by atoms with E-state index in [4.69, 9.17) is 9.47 Å². The number of ether oxygens (including phenoxy) is 3. The van der Waals surface area contributed by atoms with E-state index in [1.54, 1.807) is 0 Å². The molecule has 0 saturated heterocycles. The van der Waals surface area contributed by atoms with Gasteiger partial charge in [-0.3, -0.25) is 0 Å². The van der Waals surface area contributed by atoms with Gasteiger partial charge in [-0.2, -0.15) is 0 Å². The summed E-state index contributed by atoms with van der Waals surface area (Å²) in [6.07, 6.45) is -0.458. The Labute approximate surface area is 101 Å². The molecule has 0 aliphatic heterocycles. The zero-order valence-corrected chi connectivity index (χ0v) is 10.1. The van der Waals surface area contributed by atoms with Gasteiger partial charge in [0.2, 0.25) is 0 Å². The van der Waals surface area contributed by atoms with Gasteiger partial charge in [-0.1, -0.05) is 0 Å². The summed E-state index contributed by atoms with van der Waals surface area (Å²) < 4.78 is 15.1. The van der Waals surface area contributed by atoms with Gasteiger partial charge in [-0.05, 0) is 31.2 Å². The minimum atomic E-state index is -0.458. The van der Waals surface area contributed by atoms with E-state index in [0.29, 0.717) is 19.8 Å². The second-order valence-electron chi connectivity index (χ2n) is 3.17. The van der Waals surface area contributed by atoms with Gasteiger partial charge in [-0.25, -0.2) is 4.79 Å². The summed E-state index contributed by atoms with van der Waals surface area (Å²) >= 11 is 0. The summed E-state index contributed by atoms with van der Waals surface area (Å²) in [6.45, 7) is 3.37. The first-order valence-electron chi connectivity index (χ1n) is 5.43. The number of carbonyl (C=O) groups is 1. The number of hydrogen-bond acceptors (Lipinski definition) is 4. The Bertz CT molecular complexity index is 337. The van der Waals surface area contributed by atoms with Crippen LogP contribution in [0.15, 0.2) is 24.3 Å². The molecule has 0 aliphatic rings. The second kappa shape index (κ2) is 7.38. The van der Waals surface area contributed by atoms with Crippen molar-refractivity contribution in [2.75, 3.05) is 26.9 Å². The molecule has 1 amide bonds. The molecule has 17 heavy (non-hydrogen) atoms. The lowest BCUT2D eigenvalue weighted by Gasteiger charge is -2.08. The molecular formula is C12H17NO4. The van der Waals surface area contributed by atoms with Crippen molar-refractivity contribution in [2.45, 2.75) is 6.92 Å². The Hall–Kier alpha value is -1.91. The van der Waals surface area contributed by atoms with Crippen molar-refractivity contribution in [3.63, 3.8) is 0 Å². The van der Waals surface area contributed by atoms with Crippen molar-refractivity contribution in [3.8, 4) is 11.5 Å². The standard InChI is InChI=1S/C12H17NO4/c1-3-16-10-4-6-11(7-5-10)17-9-8-13-12(14)15-2/h4-7H,3,8-9H2,1-2H3,(H,13,14). The van der Waals surface area contributed by atoms with Crippen molar-refractivity contribution < 1.29 is 19.0 Å². The van der Waals surface area contributed by atoms with Gasteiger partial charge < -0.3 is 19.5 Å². The number of benzene rings is 1. The molecular weight excluding hydrogens is 222 g/mol. The fourth-order valence-corrected chi connectivity index (χ4v) is 1.19. The maximum atomic E-state index is 10.7. The average molecular weight is 239 g/mol. The molecule has 5 heteroatoms. The fourth-order valence-electron chi connectivity index (χ4n) is 1.19. The van der Waals surface area contributed by atoms with E-state index in [1.165, 1.54) is 7.11 Å². The molecule has 94 valence electrons. The molecule has 0 aliphatic carbocycles.